The number of pyridine rings is 1. The van der Waals surface area contributed by atoms with Crippen molar-refractivity contribution in [3.05, 3.63) is 30.1 Å². The summed E-state index contributed by atoms with van der Waals surface area (Å²) in [6, 6.07) is 4.92. The van der Waals surface area contributed by atoms with Gasteiger partial charge >= 0.3 is 0 Å². The molecule has 0 aliphatic carbocycles. The van der Waals surface area contributed by atoms with E-state index in [1.54, 1.807) is 0 Å². The van der Waals surface area contributed by atoms with Crippen LogP contribution in [0, 0.1) is 5.92 Å². The molecule has 2 nitrogen and oxygen atoms in total. The van der Waals surface area contributed by atoms with E-state index in [1.165, 1.54) is 31.2 Å². The predicted octanol–water partition coefficient (Wildman–Crippen LogP) is 3.82. The lowest BCUT2D eigenvalue weighted by molar-refractivity contribution is 0.318. The van der Waals surface area contributed by atoms with Crippen molar-refractivity contribution in [3.8, 4) is 0 Å². The van der Waals surface area contributed by atoms with E-state index < -0.39 is 0 Å². The second kappa shape index (κ2) is 9.09. The molecular formula is C16H28N2. The zero-order valence-corrected chi connectivity index (χ0v) is 12.2. The lowest BCUT2D eigenvalue weighted by atomic mass is 9.89. The van der Waals surface area contributed by atoms with Crippen LogP contribution < -0.4 is 5.32 Å². The third-order valence-corrected chi connectivity index (χ3v) is 3.77. The maximum atomic E-state index is 4.07. The number of rotatable bonds is 9. The molecule has 0 fully saturated rings. The van der Waals surface area contributed by atoms with E-state index in [2.05, 4.69) is 43.2 Å². The molecule has 2 heteroatoms. The van der Waals surface area contributed by atoms with Gasteiger partial charge in [0.25, 0.3) is 0 Å². The normalized spacial score (nSPS) is 12.9. The number of nitrogens with zero attached hydrogens (tertiary/aromatic N) is 1. The first-order valence-corrected chi connectivity index (χ1v) is 7.44. The summed E-state index contributed by atoms with van der Waals surface area (Å²) in [5.74, 6) is 0.804. The molecule has 0 amide bonds. The van der Waals surface area contributed by atoms with E-state index in [0.717, 1.165) is 18.9 Å². The van der Waals surface area contributed by atoms with Crippen LogP contribution in [-0.2, 0) is 6.42 Å². The molecule has 102 valence electrons. The monoisotopic (exact) mass is 248 g/mol. The van der Waals surface area contributed by atoms with Gasteiger partial charge in [0, 0.05) is 18.4 Å². The summed E-state index contributed by atoms with van der Waals surface area (Å²) in [6.07, 6.45) is 9.92. The first-order chi connectivity index (χ1) is 8.81. The van der Waals surface area contributed by atoms with Crippen molar-refractivity contribution in [2.45, 2.75) is 58.9 Å². The van der Waals surface area contributed by atoms with Gasteiger partial charge in [0.1, 0.15) is 0 Å². The van der Waals surface area contributed by atoms with Crippen LogP contribution in [0.15, 0.2) is 24.5 Å². The molecule has 1 rings (SSSR count). The van der Waals surface area contributed by atoms with Gasteiger partial charge in [-0.1, -0.05) is 33.6 Å². The lowest BCUT2D eigenvalue weighted by Crippen LogP contribution is -2.36. The van der Waals surface area contributed by atoms with Crippen LogP contribution in [0.2, 0.25) is 0 Å². The number of nitrogens with one attached hydrogen (secondary N) is 1. The fourth-order valence-corrected chi connectivity index (χ4v) is 2.56. The van der Waals surface area contributed by atoms with Crippen molar-refractivity contribution < 1.29 is 0 Å². The summed E-state index contributed by atoms with van der Waals surface area (Å²) >= 11 is 0. The topological polar surface area (TPSA) is 24.9 Å². The summed E-state index contributed by atoms with van der Waals surface area (Å²) in [4.78, 5) is 4.07. The highest BCUT2D eigenvalue weighted by Crippen LogP contribution is 2.18. The van der Waals surface area contributed by atoms with Crippen molar-refractivity contribution in [1.29, 1.82) is 0 Å². The minimum absolute atomic E-state index is 0.660. The number of hydrogen-bond acceptors (Lipinski definition) is 2. The Balaban J connectivity index is 2.49. The minimum atomic E-state index is 0.660. The number of aryl methyl sites for hydroxylation is 1. The molecule has 1 aromatic rings. The summed E-state index contributed by atoms with van der Waals surface area (Å²) in [7, 11) is 0. The zero-order chi connectivity index (χ0) is 13.2. The van der Waals surface area contributed by atoms with Crippen LogP contribution in [0.3, 0.4) is 0 Å². The van der Waals surface area contributed by atoms with E-state index in [1.807, 2.05) is 12.4 Å². The third kappa shape index (κ3) is 5.18. The Morgan fingerprint density at radius 1 is 1.11 bits per heavy atom. The van der Waals surface area contributed by atoms with Crippen LogP contribution in [0.1, 0.15) is 52.0 Å². The molecule has 1 atom stereocenters. The van der Waals surface area contributed by atoms with E-state index >= 15 is 0 Å². The molecule has 0 saturated carbocycles. The largest absolute Gasteiger partial charge is 0.314 e. The maximum absolute atomic E-state index is 4.07. The fourth-order valence-electron chi connectivity index (χ4n) is 2.56. The maximum Gasteiger partial charge on any atom is 0.0270 e. The van der Waals surface area contributed by atoms with Crippen LogP contribution in [0.5, 0.6) is 0 Å². The molecule has 0 spiro atoms. The fraction of sp³-hybridized carbons (Fsp3) is 0.688. The van der Waals surface area contributed by atoms with Gasteiger partial charge in [-0.25, -0.2) is 0 Å². The quantitative estimate of drug-likeness (QED) is 0.718. The predicted molar refractivity (Wildman–Crippen MR) is 78.7 cm³/mol. The van der Waals surface area contributed by atoms with Crippen molar-refractivity contribution in [3.63, 3.8) is 0 Å². The molecule has 18 heavy (non-hydrogen) atoms. The van der Waals surface area contributed by atoms with Gasteiger partial charge in [-0.3, -0.25) is 4.98 Å². The molecule has 0 saturated heterocycles. The Morgan fingerprint density at radius 3 is 2.33 bits per heavy atom. The van der Waals surface area contributed by atoms with Gasteiger partial charge in [-0.2, -0.15) is 0 Å². The van der Waals surface area contributed by atoms with Crippen LogP contribution in [0.4, 0.5) is 0 Å². The van der Waals surface area contributed by atoms with Crippen LogP contribution in [-0.4, -0.2) is 17.6 Å². The number of aromatic nitrogens is 1. The average molecular weight is 248 g/mol. The van der Waals surface area contributed by atoms with Crippen LogP contribution in [0.25, 0.3) is 0 Å². The lowest BCUT2D eigenvalue weighted by Gasteiger charge is -2.26. The molecule has 0 radical (unpaired) electrons. The highest BCUT2D eigenvalue weighted by molar-refractivity contribution is 5.09. The Hall–Kier alpha value is -0.890. The van der Waals surface area contributed by atoms with E-state index in [4.69, 9.17) is 0 Å². The first kappa shape index (κ1) is 15.2. The van der Waals surface area contributed by atoms with Gasteiger partial charge in [-0.15, -0.1) is 0 Å². The molecule has 0 aliphatic heterocycles. The zero-order valence-electron chi connectivity index (χ0n) is 12.2. The highest BCUT2D eigenvalue weighted by atomic mass is 14.9. The molecule has 1 N–H and O–H groups in total. The van der Waals surface area contributed by atoms with Gasteiger partial charge in [0.05, 0.1) is 0 Å². The van der Waals surface area contributed by atoms with Crippen molar-refractivity contribution >= 4 is 0 Å². The molecule has 1 unspecified atom stereocenters. The SMILES string of the molecule is CCCNC(CCc1ccncc1)C(CC)CC. The highest BCUT2D eigenvalue weighted by Gasteiger charge is 2.17. The van der Waals surface area contributed by atoms with Gasteiger partial charge < -0.3 is 5.32 Å². The van der Waals surface area contributed by atoms with Crippen LogP contribution >= 0.6 is 0 Å². The molecular weight excluding hydrogens is 220 g/mol. The molecule has 0 bridgehead atoms. The molecule has 1 aromatic heterocycles. The Labute approximate surface area is 112 Å². The molecule has 0 aliphatic rings. The van der Waals surface area contributed by atoms with Crippen molar-refractivity contribution in [2.75, 3.05) is 6.54 Å². The van der Waals surface area contributed by atoms with Gasteiger partial charge in [-0.05, 0) is 49.4 Å². The Morgan fingerprint density at radius 2 is 1.78 bits per heavy atom. The second-order valence-electron chi connectivity index (χ2n) is 5.03. The summed E-state index contributed by atoms with van der Waals surface area (Å²) < 4.78 is 0. The smallest absolute Gasteiger partial charge is 0.0270 e. The van der Waals surface area contributed by atoms with E-state index in [0.29, 0.717) is 6.04 Å². The van der Waals surface area contributed by atoms with Crippen molar-refractivity contribution in [2.24, 2.45) is 5.92 Å². The van der Waals surface area contributed by atoms with Crippen molar-refractivity contribution in [1.82, 2.24) is 10.3 Å². The first-order valence-electron chi connectivity index (χ1n) is 7.44. The van der Waals surface area contributed by atoms with E-state index in [9.17, 15) is 0 Å². The summed E-state index contributed by atoms with van der Waals surface area (Å²) in [5.41, 5.74) is 1.40. The van der Waals surface area contributed by atoms with E-state index in [-0.39, 0.29) is 0 Å². The summed E-state index contributed by atoms with van der Waals surface area (Å²) in [6.45, 7) is 7.99. The Kier molecular flexibility index (Phi) is 7.66. The summed E-state index contributed by atoms with van der Waals surface area (Å²) in [5, 5.41) is 3.73. The minimum Gasteiger partial charge on any atom is -0.314 e. The standard InChI is InChI=1S/C16H28N2/c1-4-11-18-16(15(5-2)6-3)8-7-14-9-12-17-13-10-14/h9-10,12-13,15-16,18H,4-8,11H2,1-3H3. The average Bonchev–Trinajstić information content (AvgIpc) is 2.43. The Bertz CT molecular complexity index is 293. The second-order valence-corrected chi connectivity index (χ2v) is 5.03. The third-order valence-electron chi connectivity index (χ3n) is 3.77. The number of hydrogen-bond donors (Lipinski definition) is 1. The van der Waals surface area contributed by atoms with Gasteiger partial charge in [0.2, 0.25) is 0 Å². The molecule has 0 aromatic carbocycles. The van der Waals surface area contributed by atoms with Gasteiger partial charge in [0.15, 0.2) is 0 Å². The molecule has 1 heterocycles.